The van der Waals surface area contributed by atoms with Gasteiger partial charge in [0.1, 0.15) is 0 Å². The van der Waals surface area contributed by atoms with Crippen LogP contribution in [-0.4, -0.2) is 39.8 Å². The van der Waals surface area contributed by atoms with Crippen LogP contribution >= 0.6 is 0 Å². The molecule has 0 radical (unpaired) electrons. The SMILES string of the molecule is CN1CCN(CCC2CCNC2)c2ccccc21. The zero-order valence-electron chi connectivity index (χ0n) is 11.2. The lowest BCUT2D eigenvalue weighted by atomic mass is 10.0. The molecule has 1 aromatic rings. The molecule has 2 aliphatic heterocycles. The summed E-state index contributed by atoms with van der Waals surface area (Å²) in [7, 11) is 2.19. The minimum absolute atomic E-state index is 0.886. The molecule has 2 heterocycles. The maximum atomic E-state index is 3.46. The second-order valence-electron chi connectivity index (χ2n) is 5.54. The Morgan fingerprint density at radius 3 is 2.83 bits per heavy atom. The van der Waals surface area contributed by atoms with Gasteiger partial charge in [0, 0.05) is 26.7 Å². The van der Waals surface area contributed by atoms with Crippen molar-refractivity contribution in [3.05, 3.63) is 24.3 Å². The zero-order chi connectivity index (χ0) is 12.4. The highest BCUT2D eigenvalue weighted by molar-refractivity contribution is 5.72. The van der Waals surface area contributed by atoms with Crippen LogP contribution in [0.1, 0.15) is 12.8 Å². The van der Waals surface area contributed by atoms with Crippen LogP contribution in [0, 0.1) is 5.92 Å². The molecule has 0 saturated carbocycles. The van der Waals surface area contributed by atoms with Gasteiger partial charge in [-0.1, -0.05) is 12.1 Å². The van der Waals surface area contributed by atoms with Crippen LogP contribution in [0.25, 0.3) is 0 Å². The number of anilines is 2. The minimum Gasteiger partial charge on any atom is -0.371 e. The van der Waals surface area contributed by atoms with Crippen molar-refractivity contribution in [2.75, 3.05) is 49.6 Å². The van der Waals surface area contributed by atoms with E-state index in [1.807, 2.05) is 0 Å². The number of nitrogens with zero attached hydrogens (tertiary/aromatic N) is 2. The Bertz CT molecular complexity index is 398. The van der Waals surface area contributed by atoms with Crippen molar-refractivity contribution >= 4 is 11.4 Å². The van der Waals surface area contributed by atoms with Gasteiger partial charge in [-0.15, -0.1) is 0 Å². The van der Waals surface area contributed by atoms with E-state index in [4.69, 9.17) is 0 Å². The van der Waals surface area contributed by atoms with Crippen molar-refractivity contribution in [2.45, 2.75) is 12.8 Å². The third kappa shape index (κ3) is 2.32. The Labute approximate surface area is 110 Å². The molecule has 98 valence electrons. The minimum atomic E-state index is 0.886. The van der Waals surface area contributed by atoms with Crippen molar-refractivity contribution in [3.8, 4) is 0 Å². The molecular formula is C15H23N3. The molecule has 0 amide bonds. The van der Waals surface area contributed by atoms with Gasteiger partial charge in [0.15, 0.2) is 0 Å². The molecule has 3 nitrogen and oxygen atoms in total. The molecule has 1 aromatic carbocycles. The predicted octanol–water partition coefficient (Wildman–Crippen LogP) is 1.94. The Hall–Kier alpha value is -1.22. The first kappa shape index (κ1) is 11.8. The van der Waals surface area contributed by atoms with E-state index in [2.05, 4.69) is 46.4 Å². The topological polar surface area (TPSA) is 18.5 Å². The van der Waals surface area contributed by atoms with Gasteiger partial charge >= 0.3 is 0 Å². The second kappa shape index (κ2) is 5.19. The lowest BCUT2D eigenvalue weighted by molar-refractivity contribution is 0.523. The number of fused-ring (bicyclic) bond motifs is 1. The van der Waals surface area contributed by atoms with E-state index in [0.717, 1.165) is 19.0 Å². The van der Waals surface area contributed by atoms with Crippen molar-refractivity contribution in [1.82, 2.24) is 5.32 Å². The normalized spacial score (nSPS) is 23.3. The van der Waals surface area contributed by atoms with E-state index in [0.29, 0.717) is 0 Å². The first-order valence-corrected chi connectivity index (χ1v) is 7.10. The highest BCUT2D eigenvalue weighted by atomic mass is 15.2. The van der Waals surface area contributed by atoms with E-state index >= 15 is 0 Å². The average Bonchev–Trinajstić information content (AvgIpc) is 2.92. The monoisotopic (exact) mass is 245 g/mol. The Kier molecular flexibility index (Phi) is 3.41. The van der Waals surface area contributed by atoms with Gasteiger partial charge in [-0.2, -0.15) is 0 Å². The van der Waals surface area contributed by atoms with E-state index in [-0.39, 0.29) is 0 Å². The van der Waals surface area contributed by atoms with Crippen LogP contribution in [0.15, 0.2) is 24.3 Å². The molecule has 3 rings (SSSR count). The van der Waals surface area contributed by atoms with Gasteiger partial charge in [-0.05, 0) is 44.0 Å². The number of hydrogen-bond acceptors (Lipinski definition) is 3. The van der Waals surface area contributed by atoms with E-state index in [1.165, 1.54) is 43.9 Å². The summed E-state index contributed by atoms with van der Waals surface area (Å²) >= 11 is 0. The molecule has 1 N–H and O–H groups in total. The van der Waals surface area contributed by atoms with Crippen LogP contribution in [0.3, 0.4) is 0 Å². The van der Waals surface area contributed by atoms with Crippen molar-refractivity contribution in [1.29, 1.82) is 0 Å². The summed E-state index contributed by atoms with van der Waals surface area (Å²) in [5.74, 6) is 0.886. The maximum Gasteiger partial charge on any atom is 0.0604 e. The standard InChI is InChI=1S/C15H23N3/c1-17-10-11-18(9-7-13-6-8-16-12-13)15-5-3-2-4-14(15)17/h2-5,13,16H,6-12H2,1H3. The van der Waals surface area contributed by atoms with Gasteiger partial charge in [0.05, 0.1) is 11.4 Å². The van der Waals surface area contributed by atoms with Crippen molar-refractivity contribution in [3.63, 3.8) is 0 Å². The third-order valence-electron chi connectivity index (χ3n) is 4.31. The second-order valence-corrected chi connectivity index (χ2v) is 5.54. The van der Waals surface area contributed by atoms with Gasteiger partial charge in [0.25, 0.3) is 0 Å². The Morgan fingerprint density at radius 1 is 1.22 bits per heavy atom. The Morgan fingerprint density at radius 2 is 2.06 bits per heavy atom. The van der Waals surface area contributed by atoms with Gasteiger partial charge < -0.3 is 15.1 Å². The molecule has 1 saturated heterocycles. The number of likely N-dealkylation sites (N-methyl/N-ethyl adjacent to an activating group) is 1. The summed E-state index contributed by atoms with van der Waals surface area (Å²) < 4.78 is 0. The molecule has 18 heavy (non-hydrogen) atoms. The fourth-order valence-electron chi connectivity index (χ4n) is 3.10. The van der Waals surface area contributed by atoms with E-state index < -0.39 is 0 Å². The van der Waals surface area contributed by atoms with Crippen LogP contribution < -0.4 is 15.1 Å². The summed E-state index contributed by atoms with van der Waals surface area (Å²) in [5.41, 5.74) is 2.80. The van der Waals surface area contributed by atoms with Gasteiger partial charge in [0.2, 0.25) is 0 Å². The molecule has 0 aliphatic carbocycles. The highest BCUT2D eigenvalue weighted by Crippen LogP contribution is 2.32. The summed E-state index contributed by atoms with van der Waals surface area (Å²) in [6, 6.07) is 8.79. The molecule has 1 unspecified atom stereocenters. The fourth-order valence-corrected chi connectivity index (χ4v) is 3.10. The quantitative estimate of drug-likeness (QED) is 0.878. The lowest BCUT2D eigenvalue weighted by Crippen LogP contribution is -2.40. The highest BCUT2D eigenvalue weighted by Gasteiger charge is 2.21. The van der Waals surface area contributed by atoms with Crippen molar-refractivity contribution < 1.29 is 0 Å². The Balaban J connectivity index is 1.68. The summed E-state index contributed by atoms with van der Waals surface area (Å²) in [6.07, 6.45) is 2.68. The van der Waals surface area contributed by atoms with Crippen LogP contribution in [0.2, 0.25) is 0 Å². The molecule has 0 aromatic heterocycles. The largest absolute Gasteiger partial charge is 0.371 e. The molecule has 0 bridgehead atoms. The van der Waals surface area contributed by atoms with Crippen LogP contribution in [-0.2, 0) is 0 Å². The average molecular weight is 245 g/mol. The van der Waals surface area contributed by atoms with Gasteiger partial charge in [-0.25, -0.2) is 0 Å². The molecule has 0 spiro atoms. The number of rotatable bonds is 3. The molecule has 3 heteroatoms. The van der Waals surface area contributed by atoms with Gasteiger partial charge in [-0.3, -0.25) is 0 Å². The first-order valence-electron chi connectivity index (χ1n) is 7.10. The van der Waals surface area contributed by atoms with Crippen LogP contribution in [0.4, 0.5) is 11.4 Å². The molecule has 1 fully saturated rings. The summed E-state index contributed by atoms with van der Waals surface area (Å²) in [4.78, 5) is 4.93. The summed E-state index contributed by atoms with van der Waals surface area (Å²) in [5, 5.41) is 3.46. The maximum absolute atomic E-state index is 3.46. The van der Waals surface area contributed by atoms with Crippen LogP contribution in [0.5, 0.6) is 0 Å². The van der Waals surface area contributed by atoms with E-state index in [1.54, 1.807) is 0 Å². The van der Waals surface area contributed by atoms with E-state index in [9.17, 15) is 0 Å². The molecular weight excluding hydrogens is 222 g/mol. The number of nitrogens with one attached hydrogen (secondary N) is 1. The zero-order valence-corrected chi connectivity index (χ0v) is 11.2. The summed E-state index contributed by atoms with van der Waals surface area (Å²) in [6.45, 7) is 5.93. The smallest absolute Gasteiger partial charge is 0.0604 e. The number of hydrogen-bond donors (Lipinski definition) is 1. The number of para-hydroxylation sites is 2. The number of benzene rings is 1. The van der Waals surface area contributed by atoms with Crippen molar-refractivity contribution in [2.24, 2.45) is 5.92 Å². The lowest BCUT2D eigenvalue weighted by Gasteiger charge is -2.37. The molecule has 2 aliphatic rings. The molecule has 1 atom stereocenters. The fraction of sp³-hybridized carbons (Fsp3) is 0.600. The predicted molar refractivity (Wildman–Crippen MR) is 77.5 cm³/mol. The first-order chi connectivity index (χ1) is 8.84. The third-order valence-corrected chi connectivity index (χ3v) is 4.31.